The summed E-state index contributed by atoms with van der Waals surface area (Å²) in [5.41, 5.74) is 5.69. The van der Waals surface area contributed by atoms with Gasteiger partial charge in [-0.3, -0.25) is 9.59 Å². The first kappa shape index (κ1) is 20.5. The van der Waals surface area contributed by atoms with Crippen molar-refractivity contribution in [3.05, 3.63) is 58.9 Å². The SMILES string of the molecule is Cc1ccc(-n2c(C)cc(/C=C/C(=O)N3CCN(C(=O)C4CCC4)CC3)c2C)cc1. The number of aryl methyl sites for hydroxylation is 2. The van der Waals surface area contributed by atoms with E-state index < -0.39 is 0 Å². The molecule has 1 saturated heterocycles. The zero-order chi connectivity index (χ0) is 21.3. The number of carbonyl (C=O) groups is 2. The average molecular weight is 406 g/mol. The molecule has 2 aromatic rings. The monoisotopic (exact) mass is 405 g/mol. The third-order valence-electron chi connectivity index (χ3n) is 6.53. The molecule has 1 aliphatic carbocycles. The first-order valence-electron chi connectivity index (χ1n) is 11.0. The van der Waals surface area contributed by atoms with Gasteiger partial charge in [0.15, 0.2) is 0 Å². The van der Waals surface area contributed by atoms with Gasteiger partial charge in [0.1, 0.15) is 0 Å². The lowest BCUT2D eigenvalue weighted by molar-refractivity contribution is -0.142. The van der Waals surface area contributed by atoms with Crippen LogP contribution in [-0.2, 0) is 9.59 Å². The van der Waals surface area contributed by atoms with Crippen molar-refractivity contribution in [1.82, 2.24) is 14.4 Å². The molecule has 0 bridgehead atoms. The van der Waals surface area contributed by atoms with Gasteiger partial charge in [0.2, 0.25) is 11.8 Å². The Morgan fingerprint density at radius 3 is 2.17 bits per heavy atom. The normalized spacial score (nSPS) is 17.4. The Kier molecular flexibility index (Phi) is 5.80. The molecule has 0 unspecified atom stereocenters. The third kappa shape index (κ3) is 4.07. The largest absolute Gasteiger partial charge is 0.339 e. The number of piperazine rings is 1. The van der Waals surface area contributed by atoms with E-state index in [9.17, 15) is 9.59 Å². The van der Waals surface area contributed by atoms with Crippen molar-refractivity contribution in [2.45, 2.75) is 40.0 Å². The lowest BCUT2D eigenvalue weighted by atomic mass is 9.84. The average Bonchev–Trinajstić information content (AvgIpc) is 2.99. The summed E-state index contributed by atoms with van der Waals surface area (Å²) in [4.78, 5) is 28.9. The number of hydrogen-bond donors (Lipinski definition) is 0. The highest BCUT2D eigenvalue weighted by Gasteiger charge is 2.31. The van der Waals surface area contributed by atoms with Gasteiger partial charge in [0.05, 0.1) is 0 Å². The van der Waals surface area contributed by atoms with Gasteiger partial charge < -0.3 is 14.4 Å². The summed E-state index contributed by atoms with van der Waals surface area (Å²) in [6.45, 7) is 8.79. The van der Waals surface area contributed by atoms with Crippen molar-refractivity contribution in [3.8, 4) is 5.69 Å². The highest BCUT2D eigenvalue weighted by Crippen LogP contribution is 2.28. The standard InChI is InChI=1S/C25H31N3O2/c1-18-7-10-23(11-8-18)28-19(2)17-22(20(28)3)9-12-24(29)26-13-15-27(16-14-26)25(30)21-5-4-6-21/h7-12,17,21H,4-6,13-16H2,1-3H3/b12-9+. The van der Waals surface area contributed by atoms with Crippen LogP contribution in [0.3, 0.4) is 0 Å². The molecule has 0 radical (unpaired) electrons. The van der Waals surface area contributed by atoms with E-state index in [2.05, 4.69) is 55.7 Å². The molecule has 4 rings (SSSR count). The van der Waals surface area contributed by atoms with E-state index in [4.69, 9.17) is 0 Å². The van der Waals surface area contributed by atoms with Crippen LogP contribution in [-0.4, -0.2) is 52.4 Å². The maximum absolute atomic E-state index is 12.7. The van der Waals surface area contributed by atoms with Crippen LogP contribution in [0.1, 0.15) is 41.8 Å². The Morgan fingerprint density at radius 1 is 0.933 bits per heavy atom. The molecular formula is C25H31N3O2. The molecule has 2 aliphatic rings. The van der Waals surface area contributed by atoms with Crippen molar-refractivity contribution in [1.29, 1.82) is 0 Å². The summed E-state index contributed by atoms with van der Waals surface area (Å²) in [6, 6.07) is 10.6. The van der Waals surface area contributed by atoms with Gasteiger partial charge in [-0.1, -0.05) is 24.1 Å². The number of amides is 2. The number of benzene rings is 1. The fraction of sp³-hybridized carbons (Fsp3) is 0.440. The van der Waals surface area contributed by atoms with Crippen LogP contribution < -0.4 is 0 Å². The minimum atomic E-state index is 0.0193. The van der Waals surface area contributed by atoms with E-state index in [0.29, 0.717) is 26.2 Å². The molecular weight excluding hydrogens is 374 g/mol. The van der Waals surface area contributed by atoms with Crippen LogP contribution in [0, 0.1) is 26.7 Å². The second-order valence-electron chi connectivity index (χ2n) is 8.61. The number of carbonyl (C=O) groups excluding carboxylic acids is 2. The van der Waals surface area contributed by atoms with Gasteiger partial charge in [0, 0.05) is 55.2 Å². The fourth-order valence-corrected chi connectivity index (χ4v) is 4.37. The molecule has 158 valence electrons. The van der Waals surface area contributed by atoms with Gasteiger partial charge in [0.25, 0.3) is 0 Å². The van der Waals surface area contributed by atoms with Crippen molar-refractivity contribution >= 4 is 17.9 Å². The van der Waals surface area contributed by atoms with Crippen LogP contribution in [0.4, 0.5) is 0 Å². The van der Waals surface area contributed by atoms with Crippen molar-refractivity contribution in [2.75, 3.05) is 26.2 Å². The summed E-state index contributed by atoms with van der Waals surface area (Å²) in [5, 5.41) is 0. The summed E-state index contributed by atoms with van der Waals surface area (Å²) >= 11 is 0. The molecule has 1 aromatic carbocycles. The molecule has 1 aliphatic heterocycles. The first-order chi connectivity index (χ1) is 14.4. The predicted molar refractivity (Wildman–Crippen MR) is 120 cm³/mol. The van der Waals surface area contributed by atoms with E-state index >= 15 is 0 Å². The molecule has 0 atom stereocenters. The minimum absolute atomic E-state index is 0.0193. The summed E-state index contributed by atoms with van der Waals surface area (Å²) in [7, 11) is 0. The van der Waals surface area contributed by atoms with Crippen molar-refractivity contribution < 1.29 is 9.59 Å². The zero-order valence-electron chi connectivity index (χ0n) is 18.2. The fourth-order valence-electron chi connectivity index (χ4n) is 4.37. The number of hydrogen-bond acceptors (Lipinski definition) is 2. The van der Waals surface area contributed by atoms with Gasteiger partial charge in [-0.25, -0.2) is 0 Å². The molecule has 5 heteroatoms. The summed E-state index contributed by atoms with van der Waals surface area (Å²) in [6.07, 6.45) is 6.82. The van der Waals surface area contributed by atoms with Crippen LogP contribution >= 0.6 is 0 Å². The summed E-state index contributed by atoms with van der Waals surface area (Å²) in [5.74, 6) is 0.536. The van der Waals surface area contributed by atoms with Crippen LogP contribution in [0.25, 0.3) is 11.8 Å². The Bertz CT molecular complexity index is 959. The Balaban J connectivity index is 1.39. The van der Waals surface area contributed by atoms with Gasteiger partial charge in [-0.2, -0.15) is 0 Å². The summed E-state index contributed by atoms with van der Waals surface area (Å²) < 4.78 is 2.22. The molecule has 0 spiro atoms. The van der Waals surface area contributed by atoms with Crippen molar-refractivity contribution in [3.63, 3.8) is 0 Å². The Morgan fingerprint density at radius 2 is 1.57 bits per heavy atom. The number of aromatic nitrogens is 1. The van der Waals surface area contributed by atoms with Crippen LogP contribution in [0.5, 0.6) is 0 Å². The van der Waals surface area contributed by atoms with Gasteiger partial charge >= 0.3 is 0 Å². The zero-order valence-corrected chi connectivity index (χ0v) is 18.2. The lowest BCUT2D eigenvalue weighted by Gasteiger charge is -2.37. The highest BCUT2D eigenvalue weighted by molar-refractivity contribution is 5.92. The molecule has 30 heavy (non-hydrogen) atoms. The van der Waals surface area contributed by atoms with E-state index in [1.54, 1.807) is 6.08 Å². The van der Waals surface area contributed by atoms with Crippen molar-refractivity contribution in [2.24, 2.45) is 5.92 Å². The predicted octanol–water partition coefficient (Wildman–Crippen LogP) is 3.89. The molecule has 2 amide bonds. The minimum Gasteiger partial charge on any atom is -0.339 e. The number of nitrogens with zero attached hydrogens (tertiary/aromatic N) is 3. The molecule has 2 fully saturated rings. The quantitative estimate of drug-likeness (QED) is 0.725. The van der Waals surface area contributed by atoms with E-state index in [-0.39, 0.29) is 17.7 Å². The maximum atomic E-state index is 12.7. The molecule has 2 heterocycles. The van der Waals surface area contributed by atoms with E-state index in [0.717, 1.165) is 35.5 Å². The molecule has 1 saturated carbocycles. The van der Waals surface area contributed by atoms with Gasteiger partial charge in [-0.05, 0) is 63.5 Å². The van der Waals surface area contributed by atoms with E-state index in [1.165, 1.54) is 12.0 Å². The van der Waals surface area contributed by atoms with Crippen LogP contribution in [0.2, 0.25) is 0 Å². The topological polar surface area (TPSA) is 45.6 Å². The van der Waals surface area contributed by atoms with Crippen LogP contribution in [0.15, 0.2) is 36.4 Å². The first-order valence-corrected chi connectivity index (χ1v) is 11.0. The second kappa shape index (κ2) is 8.50. The lowest BCUT2D eigenvalue weighted by Crippen LogP contribution is -2.52. The molecule has 5 nitrogen and oxygen atoms in total. The highest BCUT2D eigenvalue weighted by atomic mass is 16.2. The van der Waals surface area contributed by atoms with Gasteiger partial charge in [-0.15, -0.1) is 0 Å². The second-order valence-corrected chi connectivity index (χ2v) is 8.61. The maximum Gasteiger partial charge on any atom is 0.246 e. The Labute approximate surface area is 179 Å². The smallest absolute Gasteiger partial charge is 0.246 e. The molecule has 0 N–H and O–H groups in total. The number of rotatable bonds is 4. The molecule has 1 aromatic heterocycles. The Hall–Kier alpha value is -2.82. The van der Waals surface area contributed by atoms with E-state index in [1.807, 2.05) is 15.9 Å². The third-order valence-corrected chi connectivity index (χ3v) is 6.53.